The van der Waals surface area contributed by atoms with Gasteiger partial charge in [-0.1, -0.05) is 0 Å². The number of hydrogen-bond donors (Lipinski definition) is 4. The molecule has 9 heteroatoms. The lowest BCUT2D eigenvalue weighted by molar-refractivity contribution is 0.0937. The molecule has 2 aromatic rings. The van der Waals surface area contributed by atoms with Crippen LogP contribution < -0.4 is 16.2 Å². The molecule has 2 aromatic heterocycles. The monoisotopic (exact) mass is 293 g/mol. The Kier molecular flexibility index (Phi) is 4.80. The van der Waals surface area contributed by atoms with Crippen molar-refractivity contribution in [3.8, 4) is 0 Å². The predicted molar refractivity (Wildman–Crippen MR) is 74.3 cm³/mol. The van der Waals surface area contributed by atoms with Gasteiger partial charge in [0, 0.05) is 19.2 Å². The smallest absolute Gasteiger partial charge is 0.274 e. The molecular weight excluding hydrogens is 278 g/mol. The number of fused-ring (bicyclic) bond motifs is 1. The first-order valence-electron chi connectivity index (χ1n) is 6.30. The maximum atomic E-state index is 12.0. The molecule has 21 heavy (non-hydrogen) atoms. The molecule has 0 radical (unpaired) electrons. The number of nitrogens with one attached hydrogen (secondary N) is 2. The Balaban J connectivity index is 2.45. The zero-order valence-corrected chi connectivity index (χ0v) is 11.1. The molecule has 0 atom stereocenters. The summed E-state index contributed by atoms with van der Waals surface area (Å²) in [5.74, 6) is -0.108. The summed E-state index contributed by atoms with van der Waals surface area (Å²) in [4.78, 5) is 27.3. The second kappa shape index (κ2) is 6.77. The van der Waals surface area contributed by atoms with Gasteiger partial charge in [-0.05, 0) is 12.1 Å². The molecule has 4 N–H and O–H groups in total. The van der Waals surface area contributed by atoms with E-state index in [9.17, 15) is 9.59 Å². The van der Waals surface area contributed by atoms with Gasteiger partial charge >= 0.3 is 0 Å². The molecule has 0 bridgehead atoms. The largest absolute Gasteiger partial charge is 0.395 e. The summed E-state index contributed by atoms with van der Waals surface area (Å²) in [6.07, 6.45) is 0. The fraction of sp³-hybridized carbons (Fsp3) is 0.333. The third-order valence-electron chi connectivity index (χ3n) is 2.58. The van der Waals surface area contributed by atoms with Gasteiger partial charge in [-0.15, -0.1) is 5.10 Å². The van der Waals surface area contributed by atoms with Gasteiger partial charge in [0.2, 0.25) is 0 Å². The van der Waals surface area contributed by atoms with Crippen molar-refractivity contribution in [2.45, 2.75) is 0 Å². The lowest BCUT2D eigenvalue weighted by Crippen LogP contribution is -2.30. The molecule has 0 spiro atoms. The second-order valence-corrected chi connectivity index (χ2v) is 4.10. The number of aromatic nitrogens is 3. The summed E-state index contributed by atoms with van der Waals surface area (Å²) >= 11 is 0. The van der Waals surface area contributed by atoms with Crippen LogP contribution in [0.5, 0.6) is 0 Å². The fourth-order valence-corrected chi connectivity index (χ4v) is 1.70. The highest BCUT2D eigenvalue weighted by Crippen LogP contribution is 2.06. The van der Waals surface area contributed by atoms with E-state index in [2.05, 4.69) is 20.7 Å². The molecule has 0 aliphatic carbocycles. The molecule has 0 unspecified atom stereocenters. The Morgan fingerprint density at radius 3 is 2.71 bits per heavy atom. The molecule has 0 saturated heterocycles. The van der Waals surface area contributed by atoms with Crippen LogP contribution in [0.4, 0.5) is 5.82 Å². The van der Waals surface area contributed by atoms with E-state index in [0.29, 0.717) is 12.4 Å². The highest BCUT2D eigenvalue weighted by molar-refractivity contribution is 5.92. The van der Waals surface area contributed by atoms with E-state index >= 15 is 0 Å². The van der Waals surface area contributed by atoms with Gasteiger partial charge in [0.25, 0.3) is 11.5 Å². The van der Waals surface area contributed by atoms with E-state index in [1.165, 1.54) is 10.6 Å². The molecule has 0 aliphatic heterocycles. The summed E-state index contributed by atoms with van der Waals surface area (Å²) in [6, 6.07) is 4.20. The van der Waals surface area contributed by atoms with E-state index in [0.717, 1.165) is 6.07 Å². The Bertz CT molecular complexity index is 700. The zero-order chi connectivity index (χ0) is 15.2. The summed E-state index contributed by atoms with van der Waals surface area (Å²) in [5.41, 5.74) is -0.306. The molecule has 1 amide bonds. The summed E-state index contributed by atoms with van der Waals surface area (Å²) in [6.45, 7) is 0.102. The molecule has 0 aromatic carbocycles. The highest BCUT2D eigenvalue weighted by atomic mass is 16.3. The number of aliphatic hydroxyl groups is 2. The Morgan fingerprint density at radius 2 is 2.00 bits per heavy atom. The number of carbonyl (C=O) groups excluding carboxylic acids is 1. The highest BCUT2D eigenvalue weighted by Gasteiger charge is 2.12. The number of aliphatic hydroxyl groups excluding tert-OH is 2. The summed E-state index contributed by atoms with van der Waals surface area (Å²) in [7, 11) is 0. The van der Waals surface area contributed by atoms with E-state index in [1.54, 1.807) is 6.07 Å². The quantitative estimate of drug-likeness (QED) is 0.495. The van der Waals surface area contributed by atoms with Crippen molar-refractivity contribution < 1.29 is 15.0 Å². The third kappa shape index (κ3) is 3.52. The van der Waals surface area contributed by atoms with Crippen LogP contribution in [0.1, 0.15) is 10.5 Å². The minimum absolute atomic E-state index is 0.0195. The lowest BCUT2D eigenvalue weighted by Gasteiger charge is -2.09. The molecule has 112 valence electrons. The minimum Gasteiger partial charge on any atom is -0.395 e. The van der Waals surface area contributed by atoms with Gasteiger partial charge in [0.1, 0.15) is 11.5 Å². The first kappa shape index (κ1) is 14.9. The normalized spacial score (nSPS) is 10.6. The Hall–Kier alpha value is -2.52. The first-order valence-corrected chi connectivity index (χ1v) is 6.30. The van der Waals surface area contributed by atoms with Gasteiger partial charge in [0.05, 0.1) is 13.2 Å². The van der Waals surface area contributed by atoms with Crippen LogP contribution >= 0.6 is 0 Å². The summed E-state index contributed by atoms with van der Waals surface area (Å²) in [5, 5.41) is 27.0. The van der Waals surface area contributed by atoms with Crippen molar-refractivity contribution in [1.29, 1.82) is 0 Å². The van der Waals surface area contributed by atoms with E-state index in [-0.39, 0.29) is 31.1 Å². The SMILES string of the molecule is O=C(NCCO)c1cc(=O)nc2ccc(NCCO)nn12. The molecule has 0 aliphatic rings. The van der Waals surface area contributed by atoms with Crippen LogP contribution in [-0.2, 0) is 0 Å². The first-order chi connectivity index (χ1) is 10.2. The maximum Gasteiger partial charge on any atom is 0.274 e. The predicted octanol–water partition coefficient (Wildman–Crippen LogP) is -1.78. The van der Waals surface area contributed by atoms with Crippen LogP contribution in [0, 0.1) is 0 Å². The molecular formula is C12H15N5O4. The standard InChI is InChI=1S/C12H15N5O4/c18-5-3-13-9-1-2-10-15-11(20)7-8(17(10)16-9)12(21)14-4-6-19/h1-2,7,18-19H,3-6H2,(H,13,16)(H,14,21). The number of carbonyl (C=O) groups is 1. The van der Waals surface area contributed by atoms with Gasteiger partial charge in [-0.3, -0.25) is 9.59 Å². The van der Waals surface area contributed by atoms with Crippen molar-refractivity contribution in [2.24, 2.45) is 0 Å². The van der Waals surface area contributed by atoms with Crippen LogP contribution in [0.25, 0.3) is 5.65 Å². The topological polar surface area (TPSA) is 129 Å². The third-order valence-corrected chi connectivity index (χ3v) is 2.58. The van der Waals surface area contributed by atoms with Crippen LogP contribution in [0.15, 0.2) is 23.0 Å². The Labute approximate surface area is 119 Å². The van der Waals surface area contributed by atoms with Gasteiger partial charge < -0.3 is 20.8 Å². The average molecular weight is 293 g/mol. The maximum absolute atomic E-state index is 12.0. The lowest BCUT2D eigenvalue weighted by atomic mass is 10.3. The zero-order valence-electron chi connectivity index (χ0n) is 11.1. The van der Waals surface area contributed by atoms with Crippen molar-refractivity contribution in [3.05, 3.63) is 34.2 Å². The van der Waals surface area contributed by atoms with E-state index < -0.39 is 11.5 Å². The number of anilines is 1. The molecule has 9 nitrogen and oxygen atoms in total. The molecule has 0 saturated carbocycles. The summed E-state index contributed by atoms with van der Waals surface area (Å²) < 4.78 is 1.23. The average Bonchev–Trinajstić information content (AvgIpc) is 2.49. The van der Waals surface area contributed by atoms with E-state index in [4.69, 9.17) is 10.2 Å². The second-order valence-electron chi connectivity index (χ2n) is 4.10. The minimum atomic E-state index is -0.554. The van der Waals surface area contributed by atoms with Gasteiger partial charge in [0.15, 0.2) is 5.65 Å². The Morgan fingerprint density at radius 1 is 1.24 bits per heavy atom. The fourth-order valence-electron chi connectivity index (χ4n) is 1.70. The molecule has 0 fully saturated rings. The number of rotatable bonds is 6. The van der Waals surface area contributed by atoms with Crippen LogP contribution in [-0.4, -0.2) is 57.0 Å². The van der Waals surface area contributed by atoms with Crippen molar-refractivity contribution in [3.63, 3.8) is 0 Å². The van der Waals surface area contributed by atoms with Crippen molar-refractivity contribution in [2.75, 3.05) is 31.6 Å². The number of hydrogen-bond acceptors (Lipinski definition) is 7. The van der Waals surface area contributed by atoms with Crippen LogP contribution in [0.3, 0.4) is 0 Å². The number of nitrogens with zero attached hydrogens (tertiary/aromatic N) is 3. The van der Waals surface area contributed by atoms with Gasteiger partial charge in [-0.2, -0.15) is 4.98 Å². The van der Waals surface area contributed by atoms with Crippen molar-refractivity contribution in [1.82, 2.24) is 19.9 Å². The van der Waals surface area contributed by atoms with E-state index in [1.807, 2.05) is 0 Å². The molecule has 2 heterocycles. The van der Waals surface area contributed by atoms with Crippen LogP contribution in [0.2, 0.25) is 0 Å². The van der Waals surface area contributed by atoms with Crippen molar-refractivity contribution >= 4 is 17.4 Å². The van der Waals surface area contributed by atoms with Gasteiger partial charge in [-0.25, -0.2) is 4.52 Å². The number of amides is 1. The molecule has 2 rings (SSSR count).